The molecule has 0 unspecified atom stereocenters. The van der Waals surface area contributed by atoms with E-state index in [4.69, 9.17) is 5.11 Å². The highest BCUT2D eigenvalue weighted by Crippen LogP contribution is 2.20. The van der Waals surface area contributed by atoms with Crippen LogP contribution in [0.25, 0.3) is 0 Å². The zero-order valence-electron chi connectivity index (χ0n) is 10.1. The molecule has 0 aliphatic carbocycles. The molecule has 1 fully saturated rings. The maximum atomic E-state index is 10.6. The third kappa shape index (κ3) is 3.56. The van der Waals surface area contributed by atoms with Gasteiger partial charge in [-0.15, -0.1) is 0 Å². The van der Waals surface area contributed by atoms with E-state index in [1.807, 2.05) is 11.8 Å². The third-order valence-electron chi connectivity index (χ3n) is 3.32. The van der Waals surface area contributed by atoms with Crippen molar-refractivity contribution < 1.29 is 9.90 Å². The van der Waals surface area contributed by atoms with E-state index in [-0.39, 0.29) is 6.54 Å². The Morgan fingerprint density at radius 3 is 2.82 bits per heavy atom. The van der Waals surface area contributed by atoms with Gasteiger partial charge >= 0.3 is 5.97 Å². The molecule has 1 aromatic heterocycles. The summed E-state index contributed by atoms with van der Waals surface area (Å²) in [6, 6.07) is 2.09. The first-order chi connectivity index (χ1) is 8.13. The Balaban J connectivity index is 1.77. The lowest BCUT2D eigenvalue weighted by Gasteiger charge is -2.30. The lowest BCUT2D eigenvalue weighted by Crippen LogP contribution is -2.37. The number of hydrogen-bond donors (Lipinski definition) is 2. The van der Waals surface area contributed by atoms with Gasteiger partial charge in [-0.2, -0.15) is 5.10 Å². The standard InChI is InChI=1S/C12H19N3O2/c1-9-6-11(14-13-9)7-10-2-4-15(5-3-10)8-12(16)17/h6,10H,2-5,7-8H2,1H3,(H,13,14)(H,16,17). The average Bonchev–Trinajstić information content (AvgIpc) is 2.66. The summed E-state index contributed by atoms with van der Waals surface area (Å²) in [5.74, 6) is -0.0888. The first kappa shape index (κ1) is 12.1. The summed E-state index contributed by atoms with van der Waals surface area (Å²) >= 11 is 0. The maximum Gasteiger partial charge on any atom is 0.317 e. The number of aromatic nitrogens is 2. The van der Waals surface area contributed by atoms with E-state index in [1.54, 1.807) is 0 Å². The molecule has 5 heteroatoms. The summed E-state index contributed by atoms with van der Waals surface area (Å²) in [6.45, 7) is 3.96. The zero-order valence-corrected chi connectivity index (χ0v) is 10.1. The quantitative estimate of drug-likeness (QED) is 0.821. The summed E-state index contributed by atoms with van der Waals surface area (Å²) in [4.78, 5) is 12.6. The largest absolute Gasteiger partial charge is 0.480 e. The number of aromatic amines is 1. The van der Waals surface area contributed by atoms with E-state index in [0.29, 0.717) is 5.92 Å². The van der Waals surface area contributed by atoms with Crippen molar-refractivity contribution in [1.82, 2.24) is 15.1 Å². The fourth-order valence-corrected chi connectivity index (χ4v) is 2.41. The highest BCUT2D eigenvalue weighted by molar-refractivity contribution is 5.69. The van der Waals surface area contributed by atoms with Gasteiger partial charge < -0.3 is 5.11 Å². The van der Waals surface area contributed by atoms with Crippen LogP contribution < -0.4 is 0 Å². The Labute approximate surface area is 101 Å². The second-order valence-corrected chi connectivity index (χ2v) is 4.86. The number of piperidine rings is 1. The van der Waals surface area contributed by atoms with Crippen LogP contribution in [-0.2, 0) is 11.2 Å². The minimum Gasteiger partial charge on any atom is -0.480 e. The highest BCUT2D eigenvalue weighted by Gasteiger charge is 2.21. The van der Waals surface area contributed by atoms with E-state index in [9.17, 15) is 4.79 Å². The van der Waals surface area contributed by atoms with E-state index in [0.717, 1.165) is 43.7 Å². The highest BCUT2D eigenvalue weighted by atomic mass is 16.4. The Morgan fingerprint density at radius 1 is 1.59 bits per heavy atom. The van der Waals surface area contributed by atoms with Crippen LogP contribution in [0.4, 0.5) is 0 Å². The number of carboxylic acids is 1. The van der Waals surface area contributed by atoms with Crippen molar-refractivity contribution >= 4 is 5.97 Å². The Hall–Kier alpha value is -1.36. The van der Waals surface area contributed by atoms with Crippen LogP contribution in [0.3, 0.4) is 0 Å². The van der Waals surface area contributed by atoms with Crippen molar-refractivity contribution in [3.05, 3.63) is 17.5 Å². The van der Waals surface area contributed by atoms with Gasteiger partial charge in [0, 0.05) is 5.69 Å². The van der Waals surface area contributed by atoms with Gasteiger partial charge in [0.15, 0.2) is 0 Å². The number of rotatable bonds is 4. The van der Waals surface area contributed by atoms with Crippen LogP contribution >= 0.6 is 0 Å². The number of nitrogens with zero attached hydrogens (tertiary/aromatic N) is 2. The van der Waals surface area contributed by atoms with Crippen LogP contribution in [0.1, 0.15) is 24.2 Å². The summed E-state index contributed by atoms with van der Waals surface area (Å²) in [7, 11) is 0. The van der Waals surface area contributed by atoms with Crippen molar-refractivity contribution in [2.45, 2.75) is 26.2 Å². The molecular weight excluding hydrogens is 218 g/mol. The van der Waals surface area contributed by atoms with Crippen molar-refractivity contribution in [2.24, 2.45) is 5.92 Å². The molecule has 2 rings (SSSR count). The molecule has 2 N–H and O–H groups in total. The monoisotopic (exact) mass is 237 g/mol. The van der Waals surface area contributed by atoms with E-state index >= 15 is 0 Å². The third-order valence-corrected chi connectivity index (χ3v) is 3.32. The van der Waals surface area contributed by atoms with Crippen molar-refractivity contribution in [3.8, 4) is 0 Å². The predicted molar refractivity (Wildman–Crippen MR) is 63.8 cm³/mol. The Morgan fingerprint density at radius 2 is 2.29 bits per heavy atom. The van der Waals surface area contributed by atoms with Gasteiger partial charge in [-0.3, -0.25) is 14.8 Å². The molecule has 1 aliphatic heterocycles. The first-order valence-corrected chi connectivity index (χ1v) is 6.08. The minimum absolute atomic E-state index is 0.175. The van der Waals surface area contributed by atoms with E-state index in [1.165, 1.54) is 0 Å². The lowest BCUT2D eigenvalue weighted by molar-refractivity contribution is -0.138. The van der Waals surface area contributed by atoms with Gasteiger partial charge in [0.2, 0.25) is 0 Å². The van der Waals surface area contributed by atoms with Gasteiger partial charge in [-0.05, 0) is 51.3 Å². The van der Waals surface area contributed by atoms with E-state index in [2.05, 4.69) is 16.3 Å². The van der Waals surface area contributed by atoms with Crippen LogP contribution in [0.15, 0.2) is 6.07 Å². The second kappa shape index (κ2) is 5.31. The number of H-pyrrole nitrogens is 1. The number of likely N-dealkylation sites (tertiary alicyclic amines) is 1. The van der Waals surface area contributed by atoms with Gasteiger partial charge in [0.25, 0.3) is 0 Å². The fourth-order valence-electron chi connectivity index (χ4n) is 2.41. The summed E-state index contributed by atoms with van der Waals surface area (Å²) < 4.78 is 0. The molecule has 17 heavy (non-hydrogen) atoms. The van der Waals surface area contributed by atoms with Gasteiger partial charge in [0.1, 0.15) is 0 Å². The Kier molecular flexibility index (Phi) is 3.78. The van der Waals surface area contributed by atoms with Gasteiger partial charge in [0.05, 0.1) is 12.2 Å². The van der Waals surface area contributed by atoms with Crippen LogP contribution in [-0.4, -0.2) is 45.8 Å². The Bertz CT molecular complexity index is 381. The summed E-state index contributed by atoms with van der Waals surface area (Å²) in [5.41, 5.74) is 2.22. The van der Waals surface area contributed by atoms with Crippen molar-refractivity contribution in [3.63, 3.8) is 0 Å². The molecule has 1 aliphatic rings. The molecule has 1 saturated heterocycles. The lowest BCUT2D eigenvalue weighted by atomic mass is 9.92. The predicted octanol–water partition coefficient (Wildman–Crippen LogP) is 1.06. The second-order valence-electron chi connectivity index (χ2n) is 4.86. The molecule has 0 saturated carbocycles. The van der Waals surface area contributed by atoms with Crippen molar-refractivity contribution in [2.75, 3.05) is 19.6 Å². The molecule has 0 spiro atoms. The summed E-state index contributed by atoms with van der Waals surface area (Å²) in [5, 5.41) is 15.9. The fraction of sp³-hybridized carbons (Fsp3) is 0.667. The summed E-state index contributed by atoms with van der Waals surface area (Å²) in [6.07, 6.45) is 3.14. The van der Waals surface area contributed by atoms with Gasteiger partial charge in [-0.25, -0.2) is 0 Å². The van der Waals surface area contributed by atoms with Crippen LogP contribution in [0.5, 0.6) is 0 Å². The number of aryl methyl sites for hydroxylation is 1. The minimum atomic E-state index is -0.730. The topological polar surface area (TPSA) is 69.2 Å². The van der Waals surface area contributed by atoms with Crippen LogP contribution in [0.2, 0.25) is 0 Å². The molecule has 94 valence electrons. The number of nitrogens with one attached hydrogen (secondary N) is 1. The SMILES string of the molecule is Cc1cc(CC2CCN(CC(=O)O)CC2)n[nH]1. The molecule has 0 amide bonds. The zero-order chi connectivity index (χ0) is 12.3. The molecule has 0 bridgehead atoms. The molecule has 2 heterocycles. The van der Waals surface area contributed by atoms with Gasteiger partial charge in [-0.1, -0.05) is 0 Å². The molecule has 0 aromatic carbocycles. The molecular formula is C12H19N3O2. The molecule has 0 radical (unpaired) electrons. The van der Waals surface area contributed by atoms with Crippen molar-refractivity contribution in [1.29, 1.82) is 0 Å². The number of aliphatic carboxylic acids is 1. The number of carboxylic acid groups (broad SMARTS) is 1. The van der Waals surface area contributed by atoms with E-state index < -0.39 is 5.97 Å². The normalized spacial score (nSPS) is 18.4. The maximum absolute atomic E-state index is 10.6. The average molecular weight is 237 g/mol. The number of carbonyl (C=O) groups is 1. The van der Waals surface area contributed by atoms with Crippen LogP contribution in [0, 0.1) is 12.8 Å². The molecule has 1 aromatic rings. The smallest absolute Gasteiger partial charge is 0.317 e. The molecule has 0 atom stereocenters. The number of hydrogen-bond acceptors (Lipinski definition) is 3. The molecule has 5 nitrogen and oxygen atoms in total. The first-order valence-electron chi connectivity index (χ1n) is 6.08.